The van der Waals surface area contributed by atoms with Gasteiger partial charge in [0.25, 0.3) is 0 Å². The monoisotopic (exact) mass is 354 g/mol. The highest BCUT2D eigenvalue weighted by molar-refractivity contribution is 5.84. The second-order valence-electron chi connectivity index (χ2n) is 6.73. The molecule has 7 heteroatoms. The van der Waals surface area contributed by atoms with Gasteiger partial charge in [-0.2, -0.15) is 5.10 Å². The van der Waals surface area contributed by atoms with E-state index >= 15 is 0 Å². The molecule has 0 radical (unpaired) electrons. The summed E-state index contributed by atoms with van der Waals surface area (Å²) in [6, 6.07) is 10.9. The van der Waals surface area contributed by atoms with E-state index in [0.29, 0.717) is 11.6 Å². The van der Waals surface area contributed by atoms with Gasteiger partial charge in [-0.3, -0.25) is 9.48 Å². The van der Waals surface area contributed by atoms with E-state index < -0.39 is 18.1 Å². The molecule has 3 aromatic rings. The van der Waals surface area contributed by atoms with E-state index in [9.17, 15) is 15.0 Å². The minimum absolute atomic E-state index is 0.185. The average molecular weight is 354 g/mol. The summed E-state index contributed by atoms with van der Waals surface area (Å²) < 4.78 is 1.97. The number of primary amides is 1. The van der Waals surface area contributed by atoms with Crippen LogP contribution in [0, 0.1) is 5.92 Å². The Kier molecular flexibility index (Phi) is 5.01. The Bertz CT molecular complexity index is 935. The normalized spacial score (nSPS) is 13.9. The van der Waals surface area contributed by atoms with Gasteiger partial charge < -0.3 is 15.9 Å². The summed E-state index contributed by atoms with van der Waals surface area (Å²) in [5.74, 6) is -0.502. The summed E-state index contributed by atoms with van der Waals surface area (Å²) in [6.45, 7) is 5.13. The molecule has 26 heavy (non-hydrogen) atoms. The molecule has 4 N–H and O–H groups in total. The molecule has 0 bridgehead atoms. The lowest BCUT2D eigenvalue weighted by Crippen LogP contribution is -2.34. The number of pyridine rings is 1. The molecule has 136 valence electrons. The van der Waals surface area contributed by atoms with Crippen molar-refractivity contribution in [3.63, 3.8) is 0 Å². The molecule has 3 rings (SSSR count). The number of carbonyl (C=O) groups excluding carboxylic acids is 1. The molecule has 2 aromatic heterocycles. The number of nitrogens with zero attached hydrogens (tertiary/aromatic N) is 3. The Labute approximate surface area is 151 Å². The molecule has 2 atom stereocenters. The Morgan fingerprint density at radius 2 is 2.00 bits per heavy atom. The summed E-state index contributed by atoms with van der Waals surface area (Å²) >= 11 is 0. The first kappa shape index (κ1) is 18.0. The summed E-state index contributed by atoms with van der Waals surface area (Å²) in [7, 11) is 0. The third-order valence-electron chi connectivity index (χ3n) is 4.14. The molecule has 0 aliphatic heterocycles. The fraction of sp³-hybridized carbons (Fsp3) is 0.316. The number of aliphatic hydroxyl groups excluding tert-OH is 2. The lowest BCUT2D eigenvalue weighted by atomic mass is 10.1. The SMILES string of the molecule is CC(C)Cn1ncc2cc(-c3cccc([C@H](O)[C@@H](O)C(N)=O)n3)ccc21. The molecule has 0 unspecified atom stereocenters. The summed E-state index contributed by atoms with van der Waals surface area (Å²) in [5, 5.41) is 25.1. The highest BCUT2D eigenvalue weighted by Crippen LogP contribution is 2.25. The predicted molar refractivity (Wildman–Crippen MR) is 98.0 cm³/mol. The summed E-state index contributed by atoms with van der Waals surface area (Å²) in [4.78, 5) is 15.4. The van der Waals surface area contributed by atoms with Crippen LogP contribution in [0.15, 0.2) is 42.6 Å². The fourth-order valence-electron chi connectivity index (χ4n) is 2.83. The number of carbonyl (C=O) groups is 1. The maximum absolute atomic E-state index is 11.1. The molecule has 7 nitrogen and oxygen atoms in total. The highest BCUT2D eigenvalue weighted by Gasteiger charge is 2.24. The maximum Gasteiger partial charge on any atom is 0.249 e. The van der Waals surface area contributed by atoms with Crippen molar-refractivity contribution in [1.29, 1.82) is 0 Å². The number of benzene rings is 1. The third-order valence-corrected chi connectivity index (χ3v) is 4.14. The van der Waals surface area contributed by atoms with Crippen LogP contribution in [0.5, 0.6) is 0 Å². The zero-order chi connectivity index (χ0) is 18.8. The first-order valence-corrected chi connectivity index (χ1v) is 8.45. The van der Waals surface area contributed by atoms with E-state index in [1.807, 2.05) is 29.1 Å². The van der Waals surface area contributed by atoms with Gasteiger partial charge in [-0.15, -0.1) is 0 Å². The van der Waals surface area contributed by atoms with Gasteiger partial charge in [0.05, 0.1) is 23.1 Å². The van der Waals surface area contributed by atoms with Gasteiger partial charge in [-0.25, -0.2) is 4.98 Å². The van der Waals surface area contributed by atoms with Crippen molar-refractivity contribution >= 4 is 16.8 Å². The summed E-state index contributed by atoms with van der Waals surface area (Å²) in [6.07, 6.45) is -1.35. The summed E-state index contributed by atoms with van der Waals surface area (Å²) in [5.41, 5.74) is 7.74. The lowest BCUT2D eigenvalue weighted by Gasteiger charge is -2.15. The van der Waals surface area contributed by atoms with Crippen LogP contribution < -0.4 is 5.73 Å². The number of hydrogen-bond donors (Lipinski definition) is 3. The minimum Gasteiger partial charge on any atom is -0.384 e. The number of aromatic nitrogens is 3. The number of nitrogens with two attached hydrogens (primary N) is 1. The second kappa shape index (κ2) is 7.23. The van der Waals surface area contributed by atoms with Crippen molar-refractivity contribution in [1.82, 2.24) is 14.8 Å². The first-order chi connectivity index (χ1) is 12.4. The number of rotatable bonds is 6. The number of amides is 1. The number of aliphatic hydroxyl groups is 2. The Morgan fingerprint density at radius 3 is 2.69 bits per heavy atom. The second-order valence-corrected chi connectivity index (χ2v) is 6.73. The molecule has 0 aliphatic carbocycles. The van der Waals surface area contributed by atoms with Crippen LogP contribution in [-0.2, 0) is 11.3 Å². The van der Waals surface area contributed by atoms with E-state index in [-0.39, 0.29) is 5.69 Å². The van der Waals surface area contributed by atoms with Crippen LogP contribution in [0.1, 0.15) is 25.6 Å². The zero-order valence-corrected chi connectivity index (χ0v) is 14.7. The molecule has 2 heterocycles. The first-order valence-electron chi connectivity index (χ1n) is 8.45. The topological polar surface area (TPSA) is 114 Å². The number of hydrogen-bond acceptors (Lipinski definition) is 5. The van der Waals surface area contributed by atoms with E-state index in [2.05, 4.69) is 23.9 Å². The van der Waals surface area contributed by atoms with Gasteiger partial charge in [-0.05, 0) is 30.2 Å². The molecule has 0 aliphatic rings. The van der Waals surface area contributed by atoms with Gasteiger partial charge in [0.2, 0.25) is 5.91 Å². The Hall–Kier alpha value is -2.77. The van der Waals surface area contributed by atoms with Crippen molar-refractivity contribution in [3.05, 3.63) is 48.3 Å². The van der Waals surface area contributed by atoms with E-state index in [0.717, 1.165) is 23.0 Å². The van der Waals surface area contributed by atoms with E-state index in [1.165, 1.54) is 0 Å². The van der Waals surface area contributed by atoms with Crippen LogP contribution in [0.3, 0.4) is 0 Å². The van der Waals surface area contributed by atoms with Crippen LogP contribution in [0.2, 0.25) is 0 Å². The quantitative estimate of drug-likeness (QED) is 0.622. The molecule has 0 spiro atoms. The lowest BCUT2D eigenvalue weighted by molar-refractivity contribution is -0.132. The van der Waals surface area contributed by atoms with E-state index in [1.54, 1.807) is 18.2 Å². The molecule has 0 saturated carbocycles. The zero-order valence-electron chi connectivity index (χ0n) is 14.7. The Balaban J connectivity index is 1.94. The number of fused-ring (bicyclic) bond motifs is 1. The van der Waals surface area contributed by atoms with Crippen molar-refractivity contribution in [2.45, 2.75) is 32.6 Å². The molecule has 0 fully saturated rings. The predicted octanol–water partition coefficient (Wildman–Crippen LogP) is 1.63. The smallest absolute Gasteiger partial charge is 0.249 e. The minimum atomic E-state index is -1.70. The van der Waals surface area contributed by atoms with Crippen LogP contribution >= 0.6 is 0 Å². The van der Waals surface area contributed by atoms with Crippen molar-refractivity contribution in [2.75, 3.05) is 0 Å². The maximum atomic E-state index is 11.1. The van der Waals surface area contributed by atoms with Gasteiger partial charge >= 0.3 is 0 Å². The Morgan fingerprint density at radius 1 is 1.23 bits per heavy atom. The fourth-order valence-corrected chi connectivity index (χ4v) is 2.83. The van der Waals surface area contributed by atoms with Crippen LogP contribution in [-0.4, -0.2) is 37.0 Å². The van der Waals surface area contributed by atoms with Gasteiger partial charge in [0.1, 0.15) is 6.10 Å². The van der Waals surface area contributed by atoms with Crippen LogP contribution in [0.4, 0.5) is 0 Å². The molecular weight excluding hydrogens is 332 g/mol. The molecule has 1 aromatic carbocycles. The largest absolute Gasteiger partial charge is 0.384 e. The highest BCUT2D eigenvalue weighted by atomic mass is 16.3. The molecule has 1 amide bonds. The third kappa shape index (κ3) is 3.58. The van der Waals surface area contributed by atoms with Crippen molar-refractivity contribution in [3.8, 4) is 11.3 Å². The van der Waals surface area contributed by atoms with Gasteiger partial charge in [0.15, 0.2) is 6.10 Å². The molecule has 0 saturated heterocycles. The van der Waals surface area contributed by atoms with Crippen molar-refractivity contribution < 1.29 is 15.0 Å². The molecular formula is C19H22N4O3. The average Bonchev–Trinajstić information content (AvgIpc) is 3.02. The van der Waals surface area contributed by atoms with E-state index in [4.69, 9.17) is 5.73 Å². The van der Waals surface area contributed by atoms with Crippen molar-refractivity contribution in [2.24, 2.45) is 11.7 Å². The standard InChI is InChI=1S/C19H22N4O3/c1-11(2)10-23-16-7-6-12(8-13(16)9-21-23)14-4-3-5-15(22-14)17(24)18(25)19(20)26/h3-9,11,17-18,24-25H,10H2,1-2H3,(H2,20,26)/t17-,18+/m0/s1. The van der Waals surface area contributed by atoms with Crippen LogP contribution in [0.25, 0.3) is 22.2 Å². The van der Waals surface area contributed by atoms with Gasteiger partial charge in [-0.1, -0.05) is 26.0 Å². The van der Waals surface area contributed by atoms with Gasteiger partial charge in [0, 0.05) is 17.5 Å².